The summed E-state index contributed by atoms with van der Waals surface area (Å²) in [5, 5.41) is 3.70. The molecule has 1 aromatic rings. The Morgan fingerprint density at radius 3 is 2.76 bits per heavy atom. The van der Waals surface area contributed by atoms with E-state index in [1.807, 2.05) is 18.7 Å². The molecule has 0 bridgehead atoms. The topological polar surface area (TPSA) is 29.9 Å². The van der Waals surface area contributed by atoms with Gasteiger partial charge in [-0.05, 0) is 25.3 Å². The molecule has 1 atom stereocenters. The van der Waals surface area contributed by atoms with Gasteiger partial charge in [0.25, 0.3) is 0 Å². The Kier molecular flexibility index (Phi) is 6.60. The fourth-order valence-electron chi connectivity index (χ4n) is 2.49. The first-order valence-corrected chi connectivity index (χ1v) is 6.53. The monoisotopic (exact) mass is 257 g/mol. The van der Waals surface area contributed by atoms with Crippen molar-refractivity contribution in [1.82, 2.24) is 14.9 Å². The maximum atomic E-state index is 4.07. The first-order chi connectivity index (χ1) is 7.84. The zero-order valence-electron chi connectivity index (χ0n) is 10.6. The third kappa shape index (κ3) is 5.09. The van der Waals surface area contributed by atoms with Crippen LogP contribution in [-0.4, -0.2) is 22.1 Å². The molecule has 0 amide bonds. The van der Waals surface area contributed by atoms with Gasteiger partial charge in [0, 0.05) is 25.0 Å². The normalized spacial score (nSPS) is 18.6. The van der Waals surface area contributed by atoms with Crippen molar-refractivity contribution in [3.8, 4) is 0 Å². The molecule has 1 aliphatic carbocycles. The Morgan fingerprint density at radius 1 is 1.35 bits per heavy atom. The van der Waals surface area contributed by atoms with Crippen LogP contribution in [0.2, 0.25) is 0 Å². The number of rotatable bonds is 5. The molecule has 1 unspecified atom stereocenters. The van der Waals surface area contributed by atoms with Gasteiger partial charge < -0.3 is 9.88 Å². The van der Waals surface area contributed by atoms with Gasteiger partial charge in [0.1, 0.15) is 0 Å². The van der Waals surface area contributed by atoms with E-state index in [9.17, 15) is 0 Å². The summed E-state index contributed by atoms with van der Waals surface area (Å²) in [5.41, 5.74) is 0. The van der Waals surface area contributed by atoms with Gasteiger partial charge in [-0.25, -0.2) is 4.98 Å². The molecule has 98 valence electrons. The smallest absolute Gasteiger partial charge is 0.0946 e. The van der Waals surface area contributed by atoms with Gasteiger partial charge in [-0.1, -0.05) is 26.2 Å². The third-order valence-corrected chi connectivity index (χ3v) is 3.44. The first-order valence-electron chi connectivity index (χ1n) is 6.53. The van der Waals surface area contributed by atoms with Crippen LogP contribution in [0.4, 0.5) is 0 Å². The molecule has 2 rings (SSSR count). The lowest BCUT2D eigenvalue weighted by Gasteiger charge is -2.24. The van der Waals surface area contributed by atoms with Crippen LogP contribution in [0.1, 0.15) is 39.0 Å². The van der Waals surface area contributed by atoms with Crippen molar-refractivity contribution in [1.29, 1.82) is 0 Å². The number of halogens is 1. The van der Waals surface area contributed by atoms with Gasteiger partial charge in [-0.2, -0.15) is 0 Å². The molecule has 1 heterocycles. The summed E-state index contributed by atoms with van der Waals surface area (Å²) in [6.45, 7) is 4.50. The Hall–Kier alpha value is -0.540. The van der Waals surface area contributed by atoms with E-state index in [0.717, 1.165) is 19.1 Å². The van der Waals surface area contributed by atoms with Crippen molar-refractivity contribution in [3.05, 3.63) is 18.7 Å². The lowest BCUT2D eigenvalue weighted by Crippen LogP contribution is -2.35. The van der Waals surface area contributed by atoms with E-state index in [0.29, 0.717) is 5.92 Å². The van der Waals surface area contributed by atoms with Crippen LogP contribution >= 0.6 is 12.4 Å². The van der Waals surface area contributed by atoms with Crippen LogP contribution in [0.15, 0.2) is 18.7 Å². The highest BCUT2D eigenvalue weighted by molar-refractivity contribution is 5.85. The second-order valence-electron chi connectivity index (χ2n) is 5.11. The van der Waals surface area contributed by atoms with Crippen molar-refractivity contribution < 1.29 is 0 Å². The molecule has 0 aromatic carbocycles. The number of imidazole rings is 1. The molecule has 4 heteroatoms. The molecule has 1 saturated carbocycles. The molecule has 0 saturated heterocycles. The van der Waals surface area contributed by atoms with E-state index < -0.39 is 0 Å². The lowest BCUT2D eigenvalue weighted by molar-refractivity contribution is 0.340. The molecule has 1 aliphatic rings. The van der Waals surface area contributed by atoms with Crippen LogP contribution < -0.4 is 5.32 Å². The highest BCUT2D eigenvalue weighted by Gasteiger charge is 2.13. The van der Waals surface area contributed by atoms with Crippen molar-refractivity contribution in [2.24, 2.45) is 5.92 Å². The van der Waals surface area contributed by atoms with Crippen molar-refractivity contribution in [2.75, 3.05) is 6.54 Å². The van der Waals surface area contributed by atoms with Gasteiger partial charge in [0.05, 0.1) is 6.33 Å². The highest BCUT2D eigenvalue weighted by atomic mass is 35.5. The summed E-state index contributed by atoms with van der Waals surface area (Å²) in [7, 11) is 0. The molecular weight excluding hydrogens is 234 g/mol. The fourth-order valence-corrected chi connectivity index (χ4v) is 2.49. The Balaban J connectivity index is 0.00000144. The summed E-state index contributed by atoms with van der Waals surface area (Å²) in [5.74, 6) is 0.677. The number of hydrogen-bond donors (Lipinski definition) is 1. The molecular formula is C13H24ClN3. The first kappa shape index (κ1) is 14.5. The van der Waals surface area contributed by atoms with Gasteiger partial charge in [0.15, 0.2) is 0 Å². The minimum atomic E-state index is 0. The van der Waals surface area contributed by atoms with E-state index in [4.69, 9.17) is 0 Å². The molecule has 0 radical (unpaired) electrons. The van der Waals surface area contributed by atoms with Gasteiger partial charge in [-0.15, -0.1) is 12.4 Å². The van der Waals surface area contributed by atoms with Crippen LogP contribution in [0.25, 0.3) is 0 Å². The third-order valence-electron chi connectivity index (χ3n) is 3.44. The van der Waals surface area contributed by atoms with Crippen molar-refractivity contribution in [2.45, 2.75) is 51.6 Å². The van der Waals surface area contributed by atoms with E-state index >= 15 is 0 Å². The van der Waals surface area contributed by atoms with Gasteiger partial charge in [0.2, 0.25) is 0 Å². The largest absolute Gasteiger partial charge is 0.337 e. The molecule has 0 aliphatic heterocycles. The zero-order valence-corrected chi connectivity index (χ0v) is 11.5. The van der Waals surface area contributed by atoms with E-state index in [1.165, 1.54) is 32.1 Å². The quantitative estimate of drug-likeness (QED) is 0.879. The second-order valence-corrected chi connectivity index (χ2v) is 5.11. The number of aromatic nitrogens is 2. The summed E-state index contributed by atoms with van der Waals surface area (Å²) in [4.78, 5) is 4.07. The summed E-state index contributed by atoms with van der Waals surface area (Å²) < 4.78 is 2.16. The second kappa shape index (κ2) is 7.72. The minimum absolute atomic E-state index is 0. The molecule has 3 nitrogen and oxygen atoms in total. The van der Waals surface area contributed by atoms with E-state index in [1.54, 1.807) is 0 Å². The zero-order chi connectivity index (χ0) is 11.2. The van der Waals surface area contributed by atoms with Gasteiger partial charge >= 0.3 is 0 Å². The Morgan fingerprint density at radius 2 is 2.12 bits per heavy atom. The lowest BCUT2D eigenvalue weighted by atomic mass is 9.95. The predicted molar refractivity (Wildman–Crippen MR) is 73.5 cm³/mol. The molecule has 1 aromatic heterocycles. The van der Waals surface area contributed by atoms with Crippen LogP contribution in [0.3, 0.4) is 0 Å². The molecule has 1 N–H and O–H groups in total. The number of nitrogens with one attached hydrogen (secondary N) is 1. The Bertz CT molecular complexity index is 281. The molecule has 0 spiro atoms. The molecule has 17 heavy (non-hydrogen) atoms. The van der Waals surface area contributed by atoms with Crippen LogP contribution in [0.5, 0.6) is 0 Å². The average Bonchev–Trinajstić information content (AvgIpc) is 2.81. The van der Waals surface area contributed by atoms with Gasteiger partial charge in [-0.3, -0.25) is 0 Å². The maximum Gasteiger partial charge on any atom is 0.0946 e. The van der Waals surface area contributed by atoms with Crippen LogP contribution in [-0.2, 0) is 6.54 Å². The fraction of sp³-hybridized carbons (Fsp3) is 0.769. The van der Waals surface area contributed by atoms with E-state index in [-0.39, 0.29) is 12.4 Å². The average molecular weight is 258 g/mol. The minimum Gasteiger partial charge on any atom is -0.337 e. The van der Waals surface area contributed by atoms with E-state index in [2.05, 4.69) is 21.8 Å². The standard InChI is InChI=1S/C13H23N3.ClH/c1-12(10-16-8-7-14-11-16)9-15-13-5-3-2-4-6-13;/h7-8,11-13,15H,2-6,9-10H2,1H3;1H. The number of nitrogens with zero attached hydrogens (tertiary/aromatic N) is 2. The van der Waals surface area contributed by atoms with Crippen molar-refractivity contribution in [3.63, 3.8) is 0 Å². The predicted octanol–water partition coefficient (Wildman–Crippen LogP) is 2.86. The SMILES string of the molecule is CC(CNC1CCCCC1)Cn1ccnc1.Cl. The summed E-state index contributed by atoms with van der Waals surface area (Å²) in [6, 6.07) is 0.777. The maximum absolute atomic E-state index is 4.07. The number of hydrogen-bond acceptors (Lipinski definition) is 2. The summed E-state index contributed by atoms with van der Waals surface area (Å²) >= 11 is 0. The Labute approximate surface area is 110 Å². The summed E-state index contributed by atoms with van der Waals surface area (Å²) in [6.07, 6.45) is 12.8. The van der Waals surface area contributed by atoms with Crippen molar-refractivity contribution >= 4 is 12.4 Å². The van der Waals surface area contributed by atoms with Crippen LogP contribution in [0, 0.1) is 5.92 Å². The molecule has 1 fully saturated rings. The highest BCUT2D eigenvalue weighted by Crippen LogP contribution is 2.17.